The van der Waals surface area contributed by atoms with E-state index in [-0.39, 0.29) is 6.42 Å². The maximum atomic E-state index is 12.9. The summed E-state index contributed by atoms with van der Waals surface area (Å²) < 4.78 is 64.9. The average Bonchev–Trinajstić information content (AvgIpc) is 2.49. The van der Waals surface area contributed by atoms with E-state index in [0.717, 1.165) is 12.1 Å². The Balaban J connectivity index is 3.24. The standard InChI is InChI=1S/C14H15F3N2O4S/c1-2-3-4-12(13(20)21)19-24(22,23)10-6-5-9(8-18)11(7-10)14(15,16)17/h5-7,12,19H,2-4H2,1H3,(H,20,21). The molecule has 10 heteroatoms. The number of carbonyl (C=O) groups is 1. The largest absolute Gasteiger partial charge is 0.480 e. The van der Waals surface area contributed by atoms with Crippen LogP contribution in [0.25, 0.3) is 0 Å². The van der Waals surface area contributed by atoms with Gasteiger partial charge in [0, 0.05) is 0 Å². The van der Waals surface area contributed by atoms with Crippen LogP contribution in [0.15, 0.2) is 23.1 Å². The number of rotatable bonds is 7. The van der Waals surface area contributed by atoms with Crippen molar-refractivity contribution in [2.24, 2.45) is 0 Å². The number of alkyl halides is 3. The first-order chi connectivity index (χ1) is 11.0. The molecule has 0 radical (unpaired) electrons. The highest BCUT2D eigenvalue weighted by Crippen LogP contribution is 2.33. The van der Waals surface area contributed by atoms with Crippen molar-refractivity contribution in [2.75, 3.05) is 0 Å². The number of sulfonamides is 1. The first-order valence-electron chi connectivity index (χ1n) is 6.89. The third-order valence-corrected chi connectivity index (χ3v) is 4.64. The van der Waals surface area contributed by atoms with Crippen LogP contribution in [0.4, 0.5) is 13.2 Å². The zero-order valence-corrected chi connectivity index (χ0v) is 13.4. The van der Waals surface area contributed by atoms with E-state index < -0.39 is 44.2 Å². The molecule has 0 amide bonds. The highest BCUT2D eigenvalue weighted by molar-refractivity contribution is 7.89. The summed E-state index contributed by atoms with van der Waals surface area (Å²) in [6.07, 6.45) is -3.85. The normalized spacial score (nSPS) is 13.3. The summed E-state index contributed by atoms with van der Waals surface area (Å²) in [7, 11) is -4.48. The topological polar surface area (TPSA) is 107 Å². The monoisotopic (exact) mass is 364 g/mol. The third kappa shape index (κ3) is 4.94. The first kappa shape index (κ1) is 19.9. The van der Waals surface area contributed by atoms with Crippen molar-refractivity contribution >= 4 is 16.0 Å². The molecule has 0 heterocycles. The van der Waals surface area contributed by atoms with Gasteiger partial charge in [-0.1, -0.05) is 19.8 Å². The second-order valence-corrected chi connectivity index (χ2v) is 6.69. The van der Waals surface area contributed by atoms with E-state index in [9.17, 15) is 26.4 Å². The molecule has 1 atom stereocenters. The van der Waals surface area contributed by atoms with E-state index in [1.807, 2.05) is 4.72 Å². The van der Waals surface area contributed by atoms with Crippen LogP contribution in [0, 0.1) is 11.3 Å². The Morgan fingerprint density at radius 3 is 2.50 bits per heavy atom. The second-order valence-electron chi connectivity index (χ2n) is 4.97. The summed E-state index contributed by atoms with van der Waals surface area (Å²) in [5.41, 5.74) is -2.12. The number of halogens is 3. The summed E-state index contributed by atoms with van der Waals surface area (Å²) in [5, 5.41) is 17.7. The Labute approximate surface area is 137 Å². The van der Waals surface area contributed by atoms with E-state index in [1.54, 1.807) is 6.92 Å². The van der Waals surface area contributed by atoms with E-state index in [0.29, 0.717) is 18.9 Å². The summed E-state index contributed by atoms with van der Waals surface area (Å²) in [5.74, 6) is -1.42. The van der Waals surface area contributed by atoms with Gasteiger partial charge < -0.3 is 5.11 Å². The van der Waals surface area contributed by atoms with Gasteiger partial charge in [0.05, 0.1) is 22.1 Å². The van der Waals surface area contributed by atoms with Gasteiger partial charge in [-0.15, -0.1) is 0 Å². The second kappa shape index (κ2) is 7.63. The molecule has 132 valence electrons. The van der Waals surface area contributed by atoms with Crippen molar-refractivity contribution in [3.63, 3.8) is 0 Å². The van der Waals surface area contributed by atoms with Crippen molar-refractivity contribution in [1.82, 2.24) is 4.72 Å². The van der Waals surface area contributed by atoms with Crippen LogP contribution in [0.3, 0.4) is 0 Å². The maximum Gasteiger partial charge on any atom is 0.417 e. The van der Waals surface area contributed by atoms with Crippen LogP contribution < -0.4 is 4.72 Å². The number of carboxylic acid groups (broad SMARTS) is 1. The summed E-state index contributed by atoms with van der Waals surface area (Å²) in [4.78, 5) is 10.3. The Morgan fingerprint density at radius 2 is 2.04 bits per heavy atom. The minimum Gasteiger partial charge on any atom is -0.480 e. The molecule has 1 rings (SSSR count). The number of nitrogens with one attached hydrogen (secondary N) is 1. The molecule has 1 unspecified atom stereocenters. The Morgan fingerprint density at radius 1 is 1.42 bits per heavy atom. The summed E-state index contributed by atoms with van der Waals surface area (Å²) >= 11 is 0. The zero-order chi connectivity index (χ0) is 18.5. The van der Waals surface area contributed by atoms with Gasteiger partial charge in [0.15, 0.2) is 0 Å². The van der Waals surface area contributed by atoms with E-state index in [4.69, 9.17) is 10.4 Å². The number of nitrogens with zero attached hydrogens (tertiary/aromatic N) is 1. The Kier molecular flexibility index (Phi) is 6.34. The molecule has 0 aliphatic heterocycles. The van der Waals surface area contributed by atoms with Crippen LogP contribution in [-0.4, -0.2) is 25.5 Å². The molecule has 0 spiro atoms. The molecule has 0 saturated carbocycles. The lowest BCUT2D eigenvalue weighted by atomic mass is 10.1. The number of carboxylic acids is 1. The van der Waals surface area contributed by atoms with E-state index in [1.165, 1.54) is 6.07 Å². The maximum absolute atomic E-state index is 12.9. The Bertz CT molecular complexity index is 754. The van der Waals surface area contributed by atoms with Gasteiger partial charge in [0.1, 0.15) is 6.04 Å². The molecule has 0 fully saturated rings. The quantitative estimate of drug-likeness (QED) is 0.773. The molecule has 6 nitrogen and oxygen atoms in total. The van der Waals surface area contributed by atoms with E-state index >= 15 is 0 Å². The lowest BCUT2D eigenvalue weighted by Gasteiger charge is -2.16. The van der Waals surface area contributed by atoms with Gasteiger partial charge in [-0.2, -0.15) is 23.2 Å². The predicted molar refractivity (Wildman–Crippen MR) is 77.4 cm³/mol. The Hall–Kier alpha value is -2.12. The van der Waals surface area contributed by atoms with Gasteiger partial charge in [0.25, 0.3) is 0 Å². The molecule has 0 aliphatic rings. The van der Waals surface area contributed by atoms with Crippen LogP contribution in [-0.2, 0) is 21.0 Å². The van der Waals surface area contributed by atoms with Gasteiger partial charge in [-0.25, -0.2) is 8.42 Å². The molecule has 0 bridgehead atoms. The van der Waals surface area contributed by atoms with Gasteiger partial charge in [-0.05, 0) is 24.6 Å². The third-order valence-electron chi connectivity index (χ3n) is 3.17. The van der Waals surface area contributed by atoms with Crippen LogP contribution in [0.2, 0.25) is 0 Å². The van der Waals surface area contributed by atoms with Gasteiger partial charge in [-0.3, -0.25) is 4.79 Å². The first-order valence-corrected chi connectivity index (χ1v) is 8.37. The van der Waals surface area contributed by atoms with E-state index in [2.05, 4.69) is 0 Å². The van der Waals surface area contributed by atoms with Crippen molar-refractivity contribution in [2.45, 2.75) is 43.3 Å². The molecular weight excluding hydrogens is 349 g/mol. The highest BCUT2D eigenvalue weighted by atomic mass is 32.2. The van der Waals surface area contributed by atoms with Crippen LogP contribution in [0.1, 0.15) is 37.3 Å². The minimum absolute atomic E-state index is 0.00741. The van der Waals surface area contributed by atoms with Crippen LogP contribution in [0.5, 0.6) is 0 Å². The molecule has 0 saturated heterocycles. The van der Waals surface area contributed by atoms with Gasteiger partial charge >= 0.3 is 12.1 Å². The van der Waals surface area contributed by atoms with Crippen molar-refractivity contribution in [3.8, 4) is 6.07 Å². The number of benzene rings is 1. The number of aliphatic carboxylic acids is 1. The smallest absolute Gasteiger partial charge is 0.417 e. The van der Waals surface area contributed by atoms with Crippen molar-refractivity contribution in [1.29, 1.82) is 5.26 Å². The number of nitriles is 1. The van der Waals surface area contributed by atoms with Gasteiger partial charge in [0.2, 0.25) is 10.0 Å². The number of hydrogen-bond acceptors (Lipinski definition) is 4. The molecular formula is C14H15F3N2O4S. The summed E-state index contributed by atoms with van der Waals surface area (Å²) in [6, 6.07) is 1.78. The zero-order valence-electron chi connectivity index (χ0n) is 12.6. The fraction of sp³-hybridized carbons (Fsp3) is 0.429. The minimum atomic E-state index is -4.91. The fourth-order valence-corrected chi connectivity index (χ4v) is 3.17. The lowest BCUT2D eigenvalue weighted by Crippen LogP contribution is -2.40. The molecule has 1 aromatic carbocycles. The van der Waals surface area contributed by atoms with Crippen molar-refractivity contribution in [3.05, 3.63) is 29.3 Å². The SMILES string of the molecule is CCCCC(NS(=O)(=O)c1ccc(C#N)c(C(F)(F)F)c1)C(=O)O. The molecule has 0 aromatic heterocycles. The molecule has 2 N–H and O–H groups in total. The summed E-state index contributed by atoms with van der Waals surface area (Å²) in [6.45, 7) is 1.78. The molecule has 0 aliphatic carbocycles. The predicted octanol–water partition coefficient (Wildman–Crippen LogP) is 2.50. The number of unbranched alkanes of at least 4 members (excludes halogenated alkanes) is 1. The van der Waals surface area contributed by atoms with Crippen LogP contribution >= 0.6 is 0 Å². The van der Waals surface area contributed by atoms with Crippen molar-refractivity contribution < 1.29 is 31.5 Å². The molecule has 1 aromatic rings. The number of hydrogen-bond donors (Lipinski definition) is 2. The fourth-order valence-electron chi connectivity index (χ4n) is 1.92. The lowest BCUT2D eigenvalue weighted by molar-refractivity contribution is -0.139. The molecule has 24 heavy (non-hydrogen) atoms. The average molecular weight is 364 g/mol. The highest BCUT2D eigenvalue weighted by Gasteiger charge is 2.35.